The highest BCUT2D eigenvalue weighted by molar-refractivity contribution is 7.18. The van der Waals surface area contributed by atoms with Crippen molar-refractivity contribution >= 4 is 33.4 Å². The highest BCUT2D eigenvalue weighted by atomic mass is 32.1. The molecule has 1 aliphatic heterocycles. The fourth-order valence-electron chi connectivity index (χ4n) is 3.74. The number of likely N-dealkylation sites (tertiary alicyclic amines) is 1. The molecule has 1 aliphatic carbocycles. The SMILES string of the molecule is O=C(O)C1CCC1C(=O)N1CCC(c2nc3ccccc3s2)CC1. The quantitative estimate of drug-likeness (QED) is 0.929. The summed E-state index contributed by atoms with van der Waals surface area (Å²) in [6.45, 7) is 1.42. The maximum Gasteiger partial charge on any atom is 0.307 e. The molecule has 6 heteroatoms. The van der Waals surface area contributed by atoms with Crippen LogP contribution in [0.15, 0.2) is 24.3 Å². The van der Waals surface area contributed by atoms with E-state index in [2.05, 4.69) is 6.07 Å². The Bertz CT molecular complexity index is 746. The number of nitrogens with zero attached hydrogens (tertiary/aromatic N) is 2. The van der Waals surface area contributed by atoms with E-state index in [-0.39, 0.29) is 11.8 Å². The van der Waals surface area contributed by atoms with Gasteiger partial charge in [0.1, 0.15) is 0 Å². The maximum absolute atomic E-state index is 12.5. The number of thiazole rings is 1. The normalized spacial score (nSPS) is 24.8. The number of para-hydroxylation sites is 1. The van der Waals surface area contributed by atoms with Crippen LogP contribution in [-0.2, 0) is 9.59 Å². The number of amides is 1. The Balaban J connectivity index is 1.39. The molecule has 2 aliphatic rings. The van der Waals surface area contributed by atoms with Crippen LogP contribution in [0.4, 0.5) is 0 Å². The Morgan fingerprint density at radius 1 is 1.08 bits per heavy atom. The van der Waals surface area contributed by atoms with Crippen LogP contribution in [0.25, 0.3) is 10.2 Å². The fraction of sp³-hybridized carbons (Fsp3) is 0.500. The average molecular weight is 344 g/mol. The molecule has 2 heterocycles. The van der Waals surface area contributed by atoms with Gasteiger partial charge in [0.15, 0.2) is 0 Å². The van der Waals surface area contributed by atoms with Crippen LogP contribution < -0.4 is 0 Å². The second-order valence-corrected chi connectivity index (χ2v) is 7.81. The van der Waals surface area contributed by atoms with E-state index in [1.807, 2.05) is 23.1 Å². The standard InChI is InChI=1S/C18H20N2O3S/c21-17(12-5-6-13(12)18(22)23)20-9-7-11(8-10-20)16-19-14-3-1-2-4-15(14)24-16/h1-4,11-13H,5-10H2,(H,22,23). The molecule has 1 saturated carbocycles. The first-order valence-corrected chi connectivity index (χ1v) is 9.32. The zero-order chi connectivity index (χ0) is 16.7. The van der Waals surface area contributed by atoms with Crippen molar-refractivity contribution in [3.8, 4) is 0 Å². The maximum atomic E-state index is 12.5. The summed E-state index contributed by atoms with van der Waals surface area (Å²) in [5, 5.41) is 10.3. The van der Waals surface area contributed by atoms with Crippen LogP contribution >= 0.6 is 11.3 Å². The number of rotatable bonds is 3. The third-order valence-electron chi connectivity index (χ3n) is 5.38. The number of fused-ring (bicyclic) bond motifs is 1. The predicted molar refractivity (Wildman–Crippen MR) is 92.0 cm³/mol. The summed E-state index contributed by atoms with van der Waals surface area (Å²) in [5.74, 6) is -1.16. The number of aliphatic carboxylic acids is 1. The minimum Gasteiger partial charge on any atom is -0.481 e. The van der Waals surface area contributed by atoms with E-state index in [9.17, 15) is 9.59 Å². The number of carboxylic acids is 1. The summed E-state index contributed by atoms with van der Waals surface area (Å²) in [4.78, 5) is 30.3. The Labute approximate surface area is 144 Å². The van der Waals surface area contributed by atoms with E-state index in [4.69, 9.17) is 10.1 Å². The average Bonchev–Trinajstić information content (AvgIpc) is 2.97. The molecule has 0 radical (unpaired) electrons. The number of carbonyl (C=O) groups is 2. The molecular weight excluding hydrogens is 324 g/mol. The van der Waals surface area contributed by atoms with Crippen molar-refractivity contribution < 1.29 is 14.7 Å². The molecule has 1 N–H and O–H groups in total. The molecule has 2 unspecified atom stereocenters. The molecule has 0 spiro atoms. The van der Waals surface area contributed by atoms with E-state index >= 15 is 0 Å². The molecule has 0 bridgehead atoms. The zero-order valence-corrected chi connectivity index (χ0v) is 14.2. The number of carboxylic acid groups (broad SMARTS) is 1. The number of benzene rings is 1. The number of hydrogen-bond donors (Lipinski definition) is 1. The highest BCUT2D eigenvalue weighted by Crippen LogP contribution is 2.38. The van der Waals surface area contributed by atoms with E-state index < -0.39 is 11.9 Å². The van der Waals surface area contributed by atoms with E-state index in [1.165, 1.54) is 4.70 Å². The van der Waals surface area contributed by atoms with Crippen molar-refractivity contribution in [3.05, 3.63) is 29.3 Å². The van der Waals surface area contributed by atoms with Gasteiger partial charge in [-0.2, -0.15) is 0 Å². The molecule has 1 aromatic heterocycles. The summed E-state index contributed by atoms with van der Waals surface area (Å²) in [5.41, 5.74) is 1.05. The first kappa shape index (κ1) is 15.6. The van der Waals surface area contributed by atoms with Crippen LogP contribution in [0.5, 0.6) is 0 Å². The summed E-state index contributed by atoms with van der Waals surface area (Å²) in [6.07, 6.45) is 3.17. The topological polar surface area (TPSA) is 70.5 Å². The molecule has 24 heavy (non-hydrogen) atoms. The molecular formula is C18H20N2O3S. The Kier molecular flexibility index (Phi) is 4.00. The van der Waals surface area contributed by atoms with Crippen LogP contribution in [0.3, 0.4) is 0 Å². The van der Waals surface area contributed by atoms with Crippen molar-refractivity contribution in [1.82, 2.24) is 9.88 Å². The number of hydrogen-bond acceptors (Lipinski definition) is 4. The third kappa shape index (κ3) is 2.69. The van der Waals surface area contributed by atoms with Gasteiger partial charge in [-0.15, -0.1) is 11.3 Å². The van der Waals surface area contributed by atoms with Gasteiger partial charge in [0, 0.05) is 19.0 Å². The summed E-state index contributed by atoms with van der Waals surface area (Å²) >= 11 is 1.75. The molecule has 2 atom stereocenters. The lowest BCUT2D eigenvalue weighted by Crippen LogP contribution is -2.48. The van der Waals surface area contributed by atoms with Crippen molar-refractivity contribution in [2.24, 2.45) is 11.8 Å². The Hall–Kier alpha value is -1.95. The fourth-order valence-corrected chi connectivity index (χ4v) is 4.87. The van der Waals surface area contributed by atoms with Crippen molar-refractivity contribution in [2.45, 2.75) is 31.6 Å². The van der Waals surface area contributed by atoms with Crippen molar-refractivity contribution in [2.75, 3.05) is 13.1 Å². The molecule has 4 rings (SSSR count). The van der Waals surface area contributed by atoms with Gasteiger partial charge in [-0.3, -0.25) is 9.59 Å². The van der Waals surface area contributed by atoms with Gasteiger partial charge in [0.05, 0.1) is 27.1 Å². The molecule has 2 fully saturated rings. The molecule has 126 valence electrons. The number of aromatic nitrogens is 1. The van der Waals surface area contributed by atoms with Gasteiger partial charge in [-0.1, -0.05) is 12.1 Å². The van der Waals surface area contributed by atoms with Gasteiger partial charge in [-0.25, -0.2) is 4.98 Å². The first-order valence-electron chi connectivity index (χ1n) is 8.50. The van der Waals surface area contributed by atoms with E-state index in [0.717, 1.165) is 23.4 Å². The number of piperidine rings is 1. The van der Waals surface area contributed by atoms with Gasteiger partial charge >= 0.3 is 5.97 Å². The predicted octanol–water partition coefficient (Wildman–Crippen LogP) is 3.11. The van der Waals surface area contributed by atoms with Gasteiger partial charge < -0.3 is 10.0 Å². The van der Waals surface area contributed by atoms with E-state index in [1.54, 1.807) is 11.3 Å². The first-order chi connectivity index (χ1) is 11.6. The monoisotopic (exact) mass is 344 g/mol. The lowest BCUT2D eigenvalue weighted by atomic mass is 9.72. The second-order valence-electron chi connectivity index (χ2n) is 6.75. The Morgan fingerprint density at radius 2 is 1.79 bits per heavy atom. The highest BCUT2D eigenvalue weighted by Gasteiger charge is 2.43. The van der Waals surface area contributed by atoms with E-state index in [0.29, 0.717) is 31.8 Å². The van der Waals surface area contributed by atoms with Crippen LogP contribution in [0.2, 0.25) is 0 Å². The smallest absolute Gasteiger partial charge is 0.307 e. The zero-order valence-electron chi connectivity index (χ0n) is 13.4. The van der Waals surface area contributed by atoms with Gasteiger partial charge in [0.25, 0.3) is 0 Å². The Morgan fingerprint density at radius 3 is 2.42 bits per heavy atom. The van der Waals surface area contributed by atoms with Crippen molar-refractivity contribution in [3.63, 3.8) is 0 Å². The molecule has 1 saturated heterocycles. The lowest BCUT2D eigenvalue weighted by molar-refractivity contribution is -0.157. The number of carbonyl (C=O) groups excluding carboxylic acids is 1. The summed E-state index contributed by atoms with van der Waals surface area (Å²) in [6, 6.07) is 8.17. The molecule has 2 aromatic rings. The minimum absolute atomic E-state index is 0.0383. The van der Waals surface area contributed by atoms with Crippen molar-refractivity contribution in [1.29, 1.82) is 0 Å². The van der Waals surface area contributed by atoms with Crippen LogP contribution in [-0.4, -0.2) is 40.0 Å². The minimum atomic E-state index is -0.830. The summed E-state index contributed by atoms with van der Waals surface area (Å²) < 4.78 is 1.21. The van der Waals surface area contributed by atoms with Crippen LogP contribution in [0, 0.1) is 11.8 Å². The molecule has 1 amide bonds. The largest absolute Gasteiger partial charge is 0.481 e. The van der Waals surface area contributed by atoms with Gasteiger partial charge in [-0.05, 0) is 37.8 Å². The lowest BCUT2D eigenvalue weighted by Gasteiger charge is -2.39. The summed E-state index contributed by atoms with van der Waals surface area (Å²) in [7, 11) is 0. The third-order valence-corrected chi connectivity index (χ3v) is 6.57. The molecule has 5 nitrogen and oxygen atoms in total. The van der Waals surface area contributed by atoms with Crippen LogP contribution in [0.1, 0.15) is 36.6 Å². The van der Waals surface area contributed by atoms with Gasteiger partial charge in [0.2, 0.25) is 5.91 Å². The molecule has 1 aromatic carbocycles. The second kappa shape index (κ2) is 6.16.